The summed E-state index contributed by atoms with van der Waals surface area (Å²) in [5.74, 6) is 0. The molecular weight excluding hydrogens is 162 g/mol. The van der Waals surface area contributed by atoms with Crippen molar-refractivity contribution in [2.75, 3.05) is 13.2 Å². The molecule has 2 nitrogen and oxygen atoms in total. The first-order valence-electron chi connectivity index (χ1n) is 5.46. The number of ether oxygens (including phenoxy) is 1. The number of hydrogen-bond donors (Lipinski definition) is 1. The molecule has 0 saturated carbocycles. The standard InChI is InChI=1S/C11H25NO/c1-4-11(2,3)13-10-8-6-5-7-9-12/h4-10,12H2,1-3H3. The average Bonchev–Trinajstić information content (AvgIpc) is 2.11. The monoisotopic (exact) mass is 187 g/mol. The zero-order valence-corrected chi connectivity index (χ0v) is 9.44. The molecule has 80 valence electrons. The highest BCUT2D eigenvalue weighted by Crippen LogP contribution is 2.14. The summed E-state index contributed by atoms with van der Waals surface area (Å²) in [7, 11) is 0. The quantitative estimate of drug-likeness (QED) is 0.593. The maximum absolute atomic E-state index is 5.73. The van der Waals surface area contributed by atoms with Crippen LogP contribution in [0, 0.1) is 0 Å². The summed E-state index contributed by atoms with van der Waals surface area (Å²) >= 11 is 0. The van der Waals surface area contributed by atoms with Crippen LogP contribution in [-0.4, -0.2) is 18.8 Å². The van der Waals surface area contributed by atoms with Crippen molar-refractivity contribution < 1.29 is 4.74 Å². The predicted octanol–water partition coefficient (Wildman–Crippen LogP) is 2.71. The zero-order valence-electron chi connectivity index (χ0n) is 9.44. The van der Waals surface area contributed by atoms with Gasteiger partial charge in [0.25, 0.3) is 0 Å². The van der Waals surface area contributed by atoms with Gasteiger partial charge in [0.1, 0.15) is 0 Å². The Morgan fingerprint density at radius 2 is 1.69 bits per heavy atom. The van der Waals surface area contributed by atoms with Gasteiger partial charge in [-0.2, -0.15) is 0 Å². The first kappa shape index (κ1) is 12.9. The Labute approximate surface area is 82.8 Å². The van der Waals surface area contributed by atoms with E-state index in [9.17, 15) is 0 Å². The smallest absolute Gasteiger partial charge is 0.0623 e. The molecule has 0 bridgehead atoms. The predicted molar refractivity (Wildman–Crippen MR) is 57.8 cm³/mol. The summed E-state index contributed by atoms with van der Waals surface area (Å²) in [5.41, 5.74) is 5.47. The van der Waals surface area contributed by atoms with Crippen molar-refractivity contribution >= 4 is 0 Å². The van der Waals surface area contributed by atoms with E-state index in [1.165, 1.54) is 19.3 Å². The summed E-state index contributed by atoms with van der Waals surface area (Å²) in [6.07, 6.45) is 5.89. The lowest BCUT2D eigenvalue weighted by Crippen LogP contribution is -2.23. The van der Waals surface area contributed by atoms with E-state index in [-0.39, 0.29) is 5.60 Å². The van der Waals surface area contributed by atoms with Crippen LogP contribution in [0.3, 0.4) is 0 Å². The van der Waals surface area contributed by atoms with Crippen molar-refractivity contribution in [2.45, 2.75) is 58.5 Å². The van der Waals surface area contributed by atoms with E-state index >= 15 is 0 Å². The molecule has 0 radical (unpaired) electrons. The van der Waals surface area contributed by atoms with Gasteiger partial charge in [0, 0.05) is 6.61 Å². The maximum Gasteiger partial charge on any atom is 0.0623 e. The molecule has 0 aliphatic heterocycles. The minimum Gasteiger partial charge on any atom is -0.376 e. The van der Waals surface area contributed by atoms with Gasteiger partial charge in [0.15, 0.2) is 0 Å². The van der Waals surface area contributed by atoms with Crippen molar-refractivity contribution in [3.8, 4) is 0 Å². The Hall–Kier alpha value is -0.0800. The van der Waals surface area contributed by atoms with Crippen molar-refractivity contribution in [1.29, 1.82) is 0 Å². The zero-order chi connectivity index (χ0) is 10.2. The van der Waals surface area contributed by atoms with E-state index in [1.807, 2.05) is 0 Å². The molecule has 2 heteroatoms. The van der Waals surface area contributed by atoms with Crippen LogP contribution in [0.5, 0.6) is 0 Å². The van der Waals surface area contributed by atoms with Crippen LogP contribution in [0.25, 0.3) is 0 Å². The van der Waals surface area contributed by atoms with Crippen LogP contribution in [0.2, 0.25) is 0 Å². The minimum atomic E-state index is 0.0634. The summed E-state index contributed by atoms with van der Waals surface area (Å²) in [6.45, 7) is 8.17. The highest BCUT2D eigenvalue weighted by atomic mass is 16.5. The second-order valence-electron chi connectivity index (χ2n) is 4.16. The van der Waals surface area contributed by atoms with Crippen molar-refractivity contribution in [2.24, 2.45) is 5.73 Å². The lowest BCUT2D eigenvalue weighted by Gasteiger charge is -2.23. The van der Waals surface area contributed by atoms with Crippen LogP contribution in [0.4, 0.5) is 0 Å². The summed E-state index contributed by atoms with van der Waals surface area (Å²) in [4.78, 5) is 0. The van der Waals surface area contributed by atoms with Crippen molar-refractivity contribution in [1.82, 2.24) is 0 Å². The molecule has 0 spiro atoms. The van der Waals surface area contributed by atoms with E-state index in [2.05, 4.69) is 20.8 Å². The van der Waals surface area contributed by atoms with E-state index < -0.39 is 0 Å². The largest absolute Gasteiger partial charge is 0.376 e. The van der Waals surface area contributed by atoms with Gasteiger partial charge in [-0.3, -0.25) is 0 Å². The third-order valence-electron chi connectivity index (χ3n) is 2.44. The van der Waals surface area contributed by atoms with Gasteiger partial charge < -0.3 is 10.5 Å². The maximum atomic E-state index is 5.73. The van der Waals surface area contributed by atoms with E-state index in [1.54, 1.807) is 0 Å². The first-order valence-corrected chi connectivity index (χ1v) is 5.46. The lowest BCUT2D eigenvalue weighted by molar-refractivity contribution is -0.0216. The Balaban J connectivity index is 3.16. The van der Waals surface area contributed by atoms with Crippen LogP contribution in [0.15, 0.2) is 0 Å². The second-order valence-corrected chi connectivity index (χ2v) is 4.16. The Kier molecular flexibility index (Phi) is 7.29. The van der Waals surface area contributed by atoms with Crippen LogP contribution in [-0.2, 0) is 4.74 Å². The minimum absolute atomic E-state index is 0.0634. The molecule has 0 rings (SSSR count). The van der Waals surface area contributed by atoms with E-state index in [4.69, 9.17) is 10.5 Å². The summed E-state index contributed by atoms with van der Waals surface area (Å²) in [6, 6.07) is 0. The molecule has 2 N–H and O–H groups in total. The lowest BCUT2D eigenvalue weighted by atomic mass is 10.1. The summed E-state index contributed by atoms with van der Waals surface area (Å²) < 4.78 is 5.73. The molecular formula is C11H25NO. The van der Waals surface area contributed by atoms with Crippen LogP contribution in [0.1, 0.15) is 52.9 Å². The van der Waals surface area contributed by atoms with Gasteiger partial charge in [0.2, 0.25) is 0 Å². The highest BCUT2D eigenvalue weighted by molar-refractivity contribution is 4.64. The van der Waals surface area contributed by atoms with Gasteiger partial charge in [-0.25, -0.2) is 0 Å². The van der Waals surface area contributed by atoms with Crippen LogP contribution < -0.4 is 5.73 Å². The molecule has 0 saturated heterocycles. The molecule has 0 amide bonds. The van der Waals surface area contributed by atoms with Crippen molar-refractivity contribution in [3.05, 3.63) is 0 Å². The summed E-state index contributed by atoms with van der Waals surface area (Å²) in [5, 5.41) is 0. The highest BCUT2D eigenvalue weighted by Gasteiger charge is 2.13. The molecule has 0 unspecified atom stereocenters. The number of rotatable bonds is 8. The molecule has 0 aliphatic rings. The molecule has 0 aromatic heterocycles. The van der Waals surface area contributed by atoms with Gasteiger partial charge in [0.05, 0.1) is 5.60 Å². The fourth-order valence-electron chi connectivity index (χ4n) is 1.05. The number of hydrogen-bond acceptors (Lipinski definition) is 2. The Bertz CT molecular complexity index is 113. The molecule has 0 aromatic carbocycles. The third-order valence-corrected chi connectivity index (χ3v) is 2.44. The van der Waals surface area contributed by atoms with E-state index in [0.29, 0.717) is 0 Å². The van der Waals surface area contributed by atoms with Gasteiger partial charge >= 0.3 is 0 Å². The van der Waals surface area contributed by atoms with Crippen molar-refractivity contribution in [3.63, 3.8) is 0 Å². The average molecular weight is 187 g/mol. The first-order chi connectivity index (χ1) is 6.12. The number of unbranched alkanes of at least 4 members (excludes halogenated alkanes) is 3. The molecule has 0 aromatic rings. The third kappa shape index (κ3) is 8.26. The molecule has 13 heavy (non-hydrogen) atoms. The molecule has 0 atom stereocenters. The fourth-order valence-corrected chi connectivity index (χ4v) is 1.05. The Morgan fingerprint density at radius 3 is 2.23 bits per heavy atom. The molecule has 0 heterocycles. The van der Waals surface area contributed by atoms with Gasteiger partial charge in [-0.1, -0.05) is 19.8 Å². The Morgan fingerprint density at radius 1 is 1.08 bits per heavy atom. The van der Waals surface area contributed by atoms with E-state index in [0.717, 1.165) is 26.0 Å². The van der Waals surface area contributed by atoms with Crippen LogP contribution >= 0.6 is 0 Å². The normalized spacial score (nSPS) is 12.0. The van der Waals surface area contributed by atoms with Gasteiger partial charge in [-0.05, 0) is 39.7 Å². The number of nitrogens with two attached hydrogens (primary N) is 1. The molecule has 0 aliphatic carbocycles. The molecule has 0 fully saturated rings. The topological polar surface area (TPSA) is 35.2 Å². The van der Waals surface area contributed by atoms with Gasteiger partial charge in [-0.15, -0.1) is 0 Å². The SMILES string of the molecule is CCC(C)(C)OCCCCCCN. The fraction of sp³-hybridized carbons (Fsp3) is 1.00. The second kappa shape index (κ2) is 7.34.